The van der Waals surface area contributed by atoms with Gasteiger partial charge in [-0.05, 0) is 25.5 Å². The molecule has 1 aliphatic rings. The molecule has 1 atom stereocenters. The van der Waals surface area contributed by atoms with E-state index in [9.17, 15) is 4.39 Å². The van der Waals surface area contributed by atoms with E-state index in [0.717, 1.165) is 11.1 Å². The molecule has 0 spiro atoms. The summed E-state index contributed by atoms with van der Waals surface area (Å²) in [5, 5.41) is 2.69. The number of nitrogens with one attached hydrogen (secondary N) is 1. The molecule has 1 nitrogen and oxygen atoms in total. The highest BCUT2D eigenvalue weighted by Gasteiger charge is 2.14. The molecule has 0 saturated carbocycles. The van der Waals surface area contributed by atoms with Gasteiger partial charge in [0.05, 0.1) is 6.04 Å². The van der Waals surface area contributed by atoms with E-state index in [0.29, 0.717) is 0 Å². The number of dihydropyridines is 1. The van der Waals surface area contributed by atoms with Gasteiger partial charge in [0.15, 0.2) is 5.95 Å². The highest BCUT2D eigenvalue weighted by Crippen LogP contribution is 2.16. The Labute approximate surface area is 66.3 Å². The zero-order valence-corrected chi connectivity index (χ0v) is 6.82. The molecule has 0 saturated heterocycles. The SMILES string of the molecule is C=C(C)C1NC(F)=CC=C1C. The van der Waals surface area contributed by atoms with Gasteiger partial charge in [-0.15, -0.1) is 0 Å². The standard InChI is InChI=1S/C9H12FN/c1-6(2)9-7(3)4-5-8(10)11-9/h4-5,9,11H,1H2,2-3H3. The number of hydrogen-bond acceptors (Lipinski definition) is 1. The molecular formula is C9H12FN. The first-order chi connectivity index (χ1) is 5.11. The van der Waals surface area contributed by atoms with Gasteiger partial charge >= 0.3 is 0 Å². The average molecular weight is 153 g/mol. The molecule has 0 radical (unpaired) electrons. The molecule has 1 unspecified atom stereocenters. The van der Waals surface area contributed by atoms with Crippen LogP contribution in [0.4, 0.5) is 4.39 Å². The normalized spacial score (nSPS) is 23.4. The molecule has 11 heavy (non-hydrogen) atoms. The zero-order chi connectivity index (χ0) is 8.43. The van der Waals surface area contributed by atoms with Crippen molar-refractivity contribution in [1.29, 1.82) is 0 Å². The lowest BCUT2D eigenvalue weighted by molar-refractivity contribution is 0.514. The van der Waals surface area contributed by atoms with Gasteiger partial charge in [0, 0.05) is 0 Å². The topological polar surface area (TPSA) is 12.0 Å². The fraction of sp³-hybridized carbons (Fsp3) is 0.333. The lowest BCUT2D eigenvalue weighted by Crippen LogP contribution is -2.30. The summed E-state index contributed by atoms with van der Waals surface area (Å²) in [6, 6.07) is -0.0278. The maximum atomic E-state index is 12.6. The van der Waals surface area contributed by atoms with Crippen LogP contribution in [0.15, 0.2) is 35.8 Å². The summed E-state index contributed by atoms with van der Waals surface area (Å²) >= 11 is 0. The molecule has 0 aromatic heterocycles. The minimum absolute atomic E-state index is 0.0278. The van der Waals surface area contributed by atoms with Gasteiger partial charge in [0.2, 0.25) is 0 Å². The Bertz CT molecular complexity index is 238. The first-order valence-electron chi connectivity index (χ1n) is 3.57. The number of allylic oxidation sites excluding steroid dienone is 2. The Morgan fingerprint density at radius 3 is 2.73 bits per heavy atom. The van der Waals surface area contributed by atoms with Crippen LogP contribution in [0.2, 0.25) is 0 Å². The number of hydrogen-bond donors (Lipinski definition) is 1. The third-order valence-electron chi connectivity index (χ3n) is 1.72. The van der Waals surface area contributed by atoms with Crippen LogP contribution in [0.25, 0.3) is 0 Å². The van der Waals surface area contributed by atoms with Gasteiger partial charge < -0.3 is 5.32 Å². The Balaban J connectivity index is 2.81. The Morgan fingerprint density at radius 1 is 1.64 bits per heavy atom. The second-order valence-electron chi connectivity index (χ2n) is 2.85. The van der Waals surface area contributed by atoms with Gasteiger partial charge in [-0.1, -0.05) is 18.2 Å². The summed E-state index contributed by atoms with van der Waals surface area (Å²) in [4.78, 5) is 0. The molecule has 0 aliphatic carbocycles. The van der Waals surface area contributed by atoms with Crippen LogP contribution < -0.4 is 5.32 Å². The summed E-state index contributed by atoms with van der Waals surface area (Å²) in [7, 11) is 0. The second-order valence-corrected chi connectivity index (χ2v) is 2.85. The summed E-state index contributed by atoms with van der Waals surface area (Å²) in [5.74, 6) is -0.288. The van der Waals surface area contributed by atoms with E-state index >= 15 is 0 Å². The molecular weight excluding hydrogens is 141 g/mol. The third kappa shape index (κ3) is 1.70. The monoisotopic (exact) mass is 153 g/mol. The molecule has 1 N–H and O–H groups in total. The van der Waals surface area contributed by atoms with Crippen LogP contribution in [0.3, 0.4) is 0 Å². The summed E-state index contributed by atoms with van der Waals surface area (Å²) in [6.45, 7) is 7.60. The molecule has 0 aromatic carbocycles. The maximum Gasteiger partial charge on any atom is 0.187 e. The van der Waals surface area contributed by atoms with Crippen LogP contribution in [0.1, 0.15) is 13.8 Å². The third-order valence-corrected chi connectivity index (χ3v) is 1.72. The van der Waals surface area contributed by atoms with E-state index in [1.165, 1.54) is 6.08 Å². The van der Waals surface area contributed by atoms with Crippen molar-refractivity contribution in [3.8, 4) is 0 Å². The summed E-state index contributed by atoms with van der Waals surface area (Å²) < 4.78 is 12.6. The van der Waals surface area contributed by atoms with E-state index in [2.05, 4.69) is 11.9 Å². The van der Waals surface area contributed by atoms with Crippen LogP contribution in [-0.2, 0) is 0 Å². The Hall–Kier alpha value is -1.05. The van der Waals surface area contributed by atoms with Crippen LogP contribution in [0, 0.1) is 0 Å². The fourth-order valence-electron chi connectivity index (χ4n) is 1.11. The van der Waals surface area contributed by atoms with Crippen molar-refractivity contribution in [1.82, 2.24) is 5.32 Å². The Morgan fingerprint density at radius 2 is 2.27 bits per heavy atom. The fourth-order valence-corrected chi connectivity index (χ4v) is 1.11. The lowest BCUT2D eigenvalue weighted by Gasteiger charge is -2.22. The van der Waals surface area contributed by atoms with Crippen molar-refractivity contribution in [2.45, 2.75) is 19.9 Å². The molecule has 1 rings (SSSR count). The molecule has 1 heterocycles. The van der Waals surface area contributed by atoms with Crippen molar-refractivity contribution < 1.29 is 4.39 Å². The second kappa shape index (κ2) is 2.91. The van der Waals surface area contributed by atoms with Gasteiger partial charge in [-0.25, -0.2) is 0 Å². The Kier molecular flexibility index (Phi) is 2.13. The predicted molar refractivity (Wildman–Crippen MR) is 44.7 cm³/mol. The van der Waals surface area contributed by atoms with Gasteiger partial charge in [0.1, 0.15) is 0 Å². The van der Waals surface area contributed by atoms with Gasteiger partial charge in [-0.3, -0.25) is 0 Å². The van der Waals surface area contributed by atoms with Crippen LogP contribution in [0.5, 0.6) is 0 Å². The minimum Gasteiger partial charge on any atom is -0.352 e. The van der Waals surface area contributed by atoms with E-state index in [1.807, 2.05) is 13.8 Å². The van der Waals surface area contributed by atoms with Crippen molar-refractivity contribution in [2.24, 2.45) is 0 Å². The quantitative estimate of drug-likeness (QED) is 0.450. The maximum absolute atomic E-state index is 12.6. The van der Waals surface area contributed by atoms with E-state index in [1.54, 1.807) is 6.08 Å². The van der Waals surface area contributed by atoms with Crippen molar-refractivity contribution >= 4 is 0 Å². The number of halogens is 1. The molecule has 60 valence electrons. The molecule has 0 aromatic rings. The average Bonchev–Trinajstić information content (AvgIpc) is 1.94. The highest BCUT2D eigenvalue weighted by molar-refractivity contribution is 5.30. The molecule has 0 bridgehead atoms. The van der Waals surface area contributed by atoms with Crippen molar-refractivity contribution in [3.63, 3.8) is 0 Å². The number of rotatable bonds is 1. The van der Waals surface area contributed by atoms with Crippen LogP contribution in [-0.4, -0.2) is 6.04 Å². The molecule has 1 aliphatic heterocycles. The molecule has 0 fully saturated rings. The molecule has 0 amide bonds. The zero-order valence-electron chi connectivity index (χ0n) is 6.82. The van der Waals surface area contributed by atoms with Gasteiger partial charge in [-0.2, -0.15) is 4.39 Å². The van der Waals surface area contributed by atoms with E-state index < -0.39 is 0 Å². The van der Waals surface area contributed by atoms with Crippen molar-refractivity contribution in [3.05, 3.63) is 35.8 Å². The first-order valence-corrected chi connectivity index (χ1v) is 3.57. The smallest absolute Gasteiger partial charge is 0.187 e. The van der Waals surface area contributed by atoms with Crippen LogP contribution >= 0.6 is 0 Å². The first kappa shape index (κ1) is 8.05. The minimum atomic E-state index is -0.288. The summed E-state index contributed by atoms with van der Waals surface area (Å²) in [5.41, 5.74) is 2.03. The largest absolute Gasteiger partial charge is 0.352 e. The predicted octanol–water partition coefficient (Wildman–Crippen LogP) is 2.29. The van der Waals surface area contributed by atoms with Crippen molar-refractivity contribution in [2.75, 3.05) is 0 Å². The lowest BCUT2D eigenvalue weighted by atomic mass is 10.0. The molecule has 2 heteroatoms. The highest BCUT2D eigenvalue weighted by atomic mass is 19.1. The van der Waals surface area contributed by atoms with E-state index in [-0.39, 0.29) is 12.0 Å². The van der Waals surface area contributed by atoms with E-state index in [4.69, 9.17) is 0 Å². The van der Waals surface area contributed by atoms with Gasteiger partial charge in [0.25, 0.3) is 0 Å². The summed E-state index contributed by atoms with van der Waals surface area (Å²) in [6.07, 6.45) is 3.19.